The van der Waals surface area contributed by atoms with Crippen LogP contribution in [0.3, 0.4) is 0 Å². The minimum absolute atomic E-state index is 0.0989. The van der Waals surface area contributed by atoms with Crippen molar-refractivity contribution in [1.29, 1.82) is 0 Å². The summed E-state index contributed by atoms with van der Waals surface area (Å²) in [4.78, 5) is 29.8. The highest BCUT2D eigenvalue weighted by Gasteiger charge is 2.22. The minimum atomic E-state index is -0.353. The Morgan fingerprint density at radius 2 is 1.85 bits per heavy atom. The van der Waals surface area contributed by atoms with Crippen molar-refractivity contribution >= 4 is 23.2 Å². The first-order chi connectivity index (χ1) is 12.8. The van der Waals surface area contributed by atoms with E-state index in [1.807, 2.05) is 51.1 Å². The quantitative estimate of drug-likeness (QED) is 0.703. The van der Waals surface area contributed by atoms with Gasteiger partial charge in [0.1, 0.15) is 4.88 Å². The number of furan rings is 1. The molecule has 2 heterocycles. The molecule has 0 radical (unpaired) electrons. The Bertz CT molecular complexity index is 925. The Labute approximate surface area is 161 Å². The summed E-state index contributed by atoms with van der Waals surface area (Å²) < 4.78 is 5.41. The summed E-state index contributed by atoms with van der Waals surface area (Å²) in [6.07, 6.45) is 1.56. The number of carbonyl (C=O) groups is 2. The molecule has 140 valence electrons. The Hall–Kier alpha value is -2.93. The van der Waals surface area contributed by atoms with Gasteiger partial charge in [0.2, 0.25) is 5.91 Å². The number of benzene rings is 1. The lowest BCUT2D eigenvalue weighted by Gasteiger charge is -2.20. The molecule has 0 aliphatic rings. The molecule has 0 fully saturated rings. The summed E-state index contributed by atoms with van der Waals surface area (Å²) in [6.45, 7) is 5.56. The van der Waals surface area contributed by atoms with E-state index in [4.69, 9.17) is 4.42 Å². The molecule has 0 saturated heterocycles. The first kappa shape index (κ1) is 18.8. The predicted molar refractivity (Wildman–Crippen MR) is 105 cm³/mol. The Balaban J connectivity index is 1.85. The zero-order valence-corrected chi connectivity index (χ0v) is 16.2. The van der Waals surface area contributed by atoms with Gasteiger partial charge in [-0.3, -0.25) is 9.59 Å². The molecule has 6 nitrogen and oxygen atoms in total. The van der Waals surface area contributed by atoms with E-state index < -0.39 is 0 Å². The molecule has 0 saturated carbocycles. The second-order valence-corrected chi connectivity index (χ2v) is 8.02. The third kappa shape index (κ3) is 4.83. The highest BCUT2D eigenvalue weighted by atomic mass is 32.1. The Morgan fingerprint density at radius 3 is 2.48 bits per heavy atom. The molecule has 0 unspecified atom stereocenters. The maximum atomic E-state index is 12.7. The van der Waals surface area contributed by atoms with E-state index in [2.05, 4.69) is 15.6 Å². The molecule has 0 atom stereocenters. The monoisotopic (exact) mass is 383 g/mol. The molecule has 0 aliphatic carbocycles. The van der Waals surface area contributed by atoms with Gasteiger partial charge in [0.15, 0.2) is 10.8 Å². The third-order valence-electron chi connectivity index (χ3n) is 3.54. The van der Waals surface area contributed by atoms with Gasteiger partial charge >= 0.3 is 0 Å². The fourth-order valence-corrected chi connectivity index (χ4v) is 3.45. The number of aromatic nitrogens is 1. The minimum Gasteiger partial charge on any atom is -0.462 e. The highest BCUT2D eigenvalue weighted by molar-refractivity contribution is 7.17. The van der Waals surface area contributed by atoms with Crippen LogP contribution in [0, 0.1) is 0 Å². The van der Waals surface area contributed by atoms with E-state index in [0.29, 0.717) is 21.3 Å². The molecule has 3 aromatic rings. The lowest BCUT2D eigenvalue weighted by atomic mass is 10.1. The topological polar surface area (TPSA) is 84.2 Å². The summed E-state index contributed by atoms with van der Waals surface area (Å²) in [6, 6.07) is 13.0. The molecule has 1 aromatic carbocycles. The van der Waals surface area contributed by atoms with Gasteiger partial charge in [-0.1, -0.05) is 30.3 Å². The van der Waals surface area contributed by atoms with Crippen molar-refractivity contribution in [3.05, 3.63) is 53.6 Å². The largest absolute Gasteiger partial charge is 0.462 e. The molecule has 3 rings (SSSR count). The first-order valence-corrected chi connectivity index (χ1v) is 9.34. The highest BCUT2D eigenvalue weighted by Crippen LogP contribution is 2.34. The van der Waals surface area contributed by atoms with Crippen LogP contribution in [0.15, 0.2) is 53.1 Å². The van der Waals surface area contributed by atoms with Crippen LogP contribution in [0.25, 0.3) is 22.0 Å². The lowest BCUT2D eigenvalue weighted by molar-refractivity contribution is -0.121. The van der Waals surface area contributed by atoms with Gasteiger partial charge < -0.3 is 15.1 Å². The fraction of sp³-hybridized carbons (Fsp3) is 0.250. The fourth-order valence-electron chi connectivity index (χ4n) is 2.47. The number of rotatable bonds is 5. The second kappa shape index (κ2) is 7.75. The third-order valence-corrected chi connectivity index (χ3v) is 4.61. The molecular weight excluding hydrogens is 362 g/mol. The zero-order valence-electron chi connectivity index (χ0n) is 15.4. The number of hydrogen-bond acceptors (Lipinski definition) is 5. The SMILES string of the molecule is CC(C)(C)NC(=O)CNC(=O)c1sc(-c2ccco2)nc1-c1ccccc1. The molecule has 2 amide bonds. The summed E-state index contributed by atoms with van der Waals surface area (Å²) in [7, 11) is 0. The van der Waals surface area contributed by atoms with Crippen LogP contribution >= 0.6 is 11.3 Å². The standard InChI is InChI=1S/C20H21N3O3S/c1-20(2,3)23-15(24)12-21-18(25)17-16(13-8-5-4-6-9-13)22-19(27-17)14-10-7-11-26-14/h4-11H,12H2,1-3H3,(H,21,25)(H,23,24). The smallest absolute Gasteiger partial charge is 0.264 e. The number of thiazole rings is 1. The van der Waals surface area contributed by atoms with Crippen molar-refractivity contribution in [2.45, 2.75) is 26.3 Å². The van der Waals surface area contributed by atoms with Crippen LogP contribution in [-0.4, -0.2) is 28.9 Å². The van der Waals surface area contributed by atoms with Crippen molar-refractivity contribution in [2.24, 2.45) is 0 Å². The van der Waals surface area contributed by atoms with Gasteiger partial charge in [-0.2, -0.15) is 0 Å². The summed E-state index contributed by atoms with van der Waals surface area (Å²) in [5, 5.41) is 6.11. The Kier molecular flexibility index (Phi) is 5.41. The van der Waals surface area contributed by atoms with Crippen LogP contribution in [-0.2, 0) is 4.79 Å². The molecule has 0 aliphatic heterocycles. The van der Waals surface area contributed by atoms with Gasteiger partial charge in [-0.05, 0) is 32.9 Å². The average molecular weight is 383 g/mol. The van der Waals surface area contributed by atoms with Gasteiger partial charge in [-0.25, -0.2) is 4.98 Å². The van der Waals surface area contributed by atoms with E-state index in [1.165, 1.54) is 11.3 Å². The molecular formula is C20H21N3O3S. The van der Waals surface area contributed by atoms with Gasteiger partial charge in [-0.15, -0.1) is 11.3 Å². The predicted octanol–water partition coefficient (Wildman–Crippen LogP) is 3.71. The number of carbonyl (C=O) groups excluding carboxylic acids is 2. The van der Waals surface area contributed by atoms with Crippen molar-refractivity contribution in [1.82, 2.24) is 15.6 Å². The molecule has 2 aromatic heterocycles. The van der Waals surface area contributed by atoms with Crippen LogP contribution in [0.1, 0.15) is 30.4 Å². The van der Waals surface area contributed by atoms with Crippen molar-refractivity contribution < 1.29 is 14.0 Å². The summed E-state index contributed by atoms with van der Waals surface area (Å²) in [5.41, 5.74) is 1.05. The van der Waals surface area contributed by atoms with Crippen molar-refractivity contribution in [2.75, 3.05) is 6.54 Å². The van der Waals surface area contributed by atoms with Crippen LogP contribution in [0.5, 0.6) is 0 Å². The van der Waals surface area contributed by atoms with Gasteiger partial charge in [0.05, 0.1) is 18.5 Å². The lowest BCUT2D eigenvalue weighted by Crippen LogP contribution is -2.45. The van der Waals surface area contributed by atoms with E-state index in [9.17, 15) is 9.59 Å². The molecule has 7 heteroatoms. The summed E-state index contributed by atoms with van der Waals surface area (Å²) >= 11 is 1.24. The van der Waals surface area contributed by atoms with Crippen LogP contribution in [0.2, 0.25) is 0 Å². The van der Waals surface area contributed by atoms with Crippen molar-refractivity contribution in [3.8, 4) is 22.0 Å². The van der Waals surface area contributed by atoms with Crippen LogP contribution < -0.4 is 10.6 Å². The second-order valence-electron chi connectivity index (χ2n) is 7.02. The maximum absolute atomic E-state index is 12.7. The van der Waals surface area contributed by atoms with Crippen LogP contribution in [0.4, 0.5) is 0 Å². The van der Waals surface area contributed by atoms with Crippen molar-refractivity contribution in [3.63, 3.8) is 0 Å². The number of nitrogens with one attached hydrogen (secondary N) is 2. The van der Waals surface area contributed by atoms with E-state index in [-0.39, 0.29) is 23.9 Å². The molecule has 0 spiro atoms. The molecule has 27 heavy (non-hydrogen) atoms. The summed E-state index contributed by atoms with van der Waals surface area (Å²) in [5.74, 6) is 0.0165. The van der Waals surface area contributed by atoms with Gasteiger partial charge in [0.25, 0.3) is 5.91 Å². The molecule has 2 N–H and O–H groups in total. The number of nitrogens with zero attached hydrogens (tertiary/aromatic N) is 1. The normalized spacial score (nSPS) is 11.2. The van der Waals surface area contributed by atoms with Gasteiger partial charge in [0, 0.05) is 11.1 Å². The first-order valence-electron chi connectivity index (χ1n) is 8.53. The molecule has 0 bridgehead atoms. The number of amides is 2. The van der Waals surface area contributed by atoms with E-state index >= 15 is 0 Å². The van der Waals surface area contributed by atoms with E-state index in [1.54, 1.807) is 18.4 Å². The zero-order chi connectivity index (χ0) is 19.4. The maximum Gasteiger partial charge on any atom is 0.264 e. The average Bonchev–Trinajstić information content (AvgIpc) is 3.28. The number of hydrogen-bond donors (Lipinski definition) is 2. The van der Waals surface area contributed by atoms with E-state index in [0.717, 1.165) is 5.56 Å². The Morgan fingerprint density at radius 1 is 1.11 bits per heavy atom.